The van der Waals surface area contributed by atoms with Crippen LogP contribution in [0.15, 0.2) is 364 Å². The highest BCUT2D eigenvalue weighted by atomic mass is 32.1. The van der Waals surface area contributed by atoms with Crippen LogP contribution < -0.4 is 0 Å². The molecular formula is C96H60N4S2. The summed E-state index contributed by atoms with van der Waals surface area (Å²) in [5.74, 6) is 0. The molecule has 6 aromatic heterocycles. The summed E-state index contributed by atoms with van der Waals surface area (Å²) < 4.78 is 15.0. The second-order valence-electron chi connectivity index (χ2n) is 26.7. The third kappa shape index (κ3) is 9.27. The largest absolute Gasteiger partial charge is 0.309 e. The van der Waals surface area contributed by atoms with Gasteiger partial charge in [-0.05, 0) is 184 Å². The molecule has 0 unspecified atom stereocenters. The SMILES string of the molecule is c1ccc(-c2ccc(-n3c4ccccc4c4cc(-c5ccc6c(c5)c5ccccc5n6-c5ccc6sc7ccccc7c6c5)ccc43)cc2)cc1.c1ccc(-c2ccc(-n3c4ccccc4c4cc(-c5ccc6c(c5)c5ccccc5n6-c5cccc6sc7ccccc7c56)ccc43)cc2)cc1. The van der Waals surface area contributed by atoms with Crippen LogP contribution in [0, 0.1) is 0 Å². The maximum Gasteiger partial charge on any atom is 0.0555 e. The Morgan fingerprint density at radius 2 is 0.461 bits per heavy atom. The summed E-state index contributed by atoms with van der Waals surface area (Å²) in [4.78, 5) is 0. The van der Waals surface area contributed by atoms with Crippen LogP contribution in [0.3, 0.4) is 0 Å². The maximum absolute atomic E-state index is 2.47. The van der Waals surface area contributed by atoms with Crippen LogP contribution in [-0.2, 0) is 0 Å². The van der Waals surface area contributed by atoms with Crippen molar-refractivity contribution < 1.29 is 0 Å². The number of aromatic nitrogens is 4. The molecule has 0 amide bonds. The minimum absolute atomic E-state index is 1.16. The van der Waals surface area contributed by atoms with Crippen molar-refractivity contribution in [1.82, 2.24) is 18.3 Å². The van der Waals surface area contributed by atoms with Gasteiger partial charge in [0.05, 0.1) is 49.8 Å². The van der Waals surface area contributed by atoms with E-state index in [-0.39, 0.29) is 0 Å². The van der Waals surface area contributed by atoms with Gasteiger partial charge in [0.15, 0.2) is 0 Å². The number of hydrogen-bond acceptors (Lipinski definition) is 2. The van der Waals surface area contributed by atoms with Gasteiger partial charge in [0, 0.05) is 100 Å². The Hall–Kier alpha value is -12.8. The van der Waals surface area contributed by atoms with E-state index in [0.717, 1.165) is 11.4 Å². The van der Waals surface area contributed by atoms with Gasteiger partial charge in [0.1, 0.15) is 0 Å². The topological polar surface area (TPSA) is 19.7 Å². The lowest BCUT2D eigenvalue weighted by Gasteiger charge is -2.11. The molecule has 476 valence electrons. The van der Waals surface area contributed by atoms with Crippen LogP contribution in [0.25, 0.3) is 195 Å². The first-order valence-corrected chi connectivity index (χ1v) is 36.5. The zero-order chi connectivity index (χ0) is 66.9. The number of benzene rings is 16. The van der Waals surface area contributed by atoms with Crippen LogP contribution >= 0.6 is 22.7 Å². The molecule has 0 saturated heterocycles. The highest BCUT2D eigenvalue weighted by Gasteiger charge is 2.22. The van der Waals surface area contributed by atoms with Gasteiger partial charge >= 0.3 is 0 Å². The lowest BCUT2D eigenvalue weighted by molar-refractivity contribution is 1.18. The van der Waals surface area contributed by atoms with Crippen LogP contribution in [0.4, 0.5) is 0 Å². The number of para-hydroxylation sites is 4. The fourth-order valence-electron chi connectivity index (χ4n) is 16.4. The van der Waals surface area contributed by atoms with E-state index in [4.69, 9.17) is 0 Å². The van der Waals surface area contributed by atoms with Crippen LogP contribution in [0.2, 0.25) is 0 Å². The second kappa shape index (κ2) is 23.4. The van der Waals surface area contributed by atoms with Gasteiger partial charge in [-0.1, -0.05) is 224 Å². The van der Waals surface area contributed by atoms with E-state index >= 15 is 0 Å². The number of fused-ring (bicyclic) bond motifs is 18. The Morgan fingerprint density at radius 3 is 0.922 bits per heavy atom. The first kappa shape index (κ1) is 58.2. The minimum atomic E-state index is 1.16. The van der Waals surface area contributed by atoms with Crippen molar-refractivity contribution in [1.29, 1.82) is 0 Å². The summed E-state index contributed by atoms with van der Waals surface area (Å²) in [6, 6.07) is 133. The summed E-state index contributed by atoms with van der Waals surface area (Å²) in [6.45, 7) is 0. The number of nitrogens with zero attached hydrogens (tertiary/aromatic N) is 4. The average Bonchev–Trinajstić information content (AvgIpc) is 1.59. The maximum atomic E-state index is 2.47. The van der Waals surface area contributed by atoms with Gasteiger partial charge in [0.25, 0.3) is 0 Å². The van der Waals surface area contributed by atoms with E-state index in [1.54, 1.807) is 0 Å². The van der Waals surface area contributed by atoms with Gasteiger partial charge in [-0.15, -0.1) is 22.7 Å². The molecule has 0 bridgehead atoms. The van der Waals surface area contributed by atoms with Gasteiger partial charge < -0.3 is 18.3 Å². The monoisotopic (exact) mass is 1330 g/mol. The van der Waals surface area contributed by atoms with Crippen molar-refractivity contribution in [2.45, 2.75) is 0 Å². The fourth-order valence-corrected chi connectivity index (χ4v) is 18.6. The quantitative estimate of drug-likeness (QED) is 0.144. The molecule has 22 aromatic rings. The standard InChI is InChI=1S/2C48H30N2S/c1-2-11-31(12-3-1)32-21-25-35(26-22-32)49-41-16-7-4-13-36(41)39-29-33(23-27-43(39)49)34-24-28-44-40(30-34)37-14-5-8-17-42(37)50(44)45-18-10-20-47-48(45)38-15-6-9-19-46(38)51-47;1-2-10-31(11-3-1)32-18-22-35(23-19-32)49-43-15-7-4-12-37(43)40-28-33(20-25-45(40)49)34-21-26-46-41(29-34)38-13-5-8-16-44(38)50(46)36-24-27-48-42(30-36)39-14-6-9-17-47(39)51-48/h2*1-30H. The molecule has 4 nitrogen and oxygen atoms in total. The van der Waals surface area contributed by atoms with Crippen molar-refractivity contribution in [2.75, 3.05) is 0 Å². The molecule has 0 saturated carbocycles. The first-order chi connectivity index (χ1) is 50.6. The molecule has 22 rings (SSSR count). The smallest absolute Gasteiger partial charge is 0.0555 e. The van der Waals surface area contributed by atoms with E-state index in [9.17, 15) is 0 Å². The van der Waals surface area contributed by atoms with E-state index < -0.39 is 0 Å². The Morgan fingerprint density at radius 1 is 0.157 bits per heavy atom. The normalized spacial score (nSPS) is 11.9. The van der Waals surface area contributed by atoms with Crippen LogP contribution in [0.5, 0.6) is 0 Å². The Bertz CT molecular complexity index is 7100. The van der Waals surface area contributed by atoms with Gasteiger partial charge in [-0.25, -0.2) is 0 Å². The van der Waals surface area contributed by atoms with E-state index in [1.165, 1.54) is 183 Å². The van der Waals surface area contributed by atoms with Gasteiger partial charge in [-0.2, -0.15) is 0 Å². The summed E-state index contributed by atoms with van der Waals surface area (Å²) in [6.07, 6.45) is 0. The fraction of sp³-hybridized carbons (Fsp3) is 0. The van der Waals surface area contributed by atoms with E-state index in [2.05, 4.69) is 382 Å². The van der Waals surface area contributed by atoms with Gasteiger partial charge in [-0.3, -0.25) is 0 Å². The summed E-state index contributed by atoms with van der Waals surface area (Å²) in [7, 11) is 0. The molecule has 0 fully saturated rings. The highest BCUT2D eigenvalue weighted by Crippen LogP contribution is 2.45. The third-order valence-electron chi connectivity index (χ3n) is 21.1. The molecule has 0 radical (unpaired) electrons. The number of rotatable bonds is 8. The zero-order valence-electron chi connectivity index (χ0n) is 55.2. The lowest BCUT2D eigenvalue weighted by Crippen LogP contribution is -1.94. The average molecular weight is 1330 g/mol. The van der Waals surface area contributed by atoms with E-state index in [0.29, 0.717) is 0 Å². The molecule has 0 N–H and O–H groups in total. The number of thiophene rings is 2. The molecule has 102 heavy (non-hydrogen) atoms. The van der Waals surface area contributed by atoms with Crippen LogP contribution in [0.1, 0.15) is 0 Å². The van der Waals surface area contributed by atoms with Crippen molar-refractivity contribution in [3.05, 3.63) is 364 Å². The molecule has 0 aliphatic carbocycles. The molecule has 6 heterocycles. The molecule has 16 aromatic carbocycles. The summed E-state index contributed by atoms with van der Waals surface area (Å²) >= 11 is 3.73. The lowest BCUT2D eigenvalue weighted by atomic mass is 10.0. The summed E-state index contributed by atoms with van der Waals surface area (Å²) in [5.41, 5.74) is 24.3. The molecule has 0 aliphatic heterocycles. The third-order valence-corrected chi connectivity index (χ3v) is 23.4. The Balaban J connectivity index is 0.000000133. The molecule has 0 spiro atoms. The van der Waals surface area contributed by atoms with Crippen molar-refractivity contribution in [3.8, 4) is 67.3 Å². The highest BCUT2D eigenvalue weighted by molar-refractivity contribution is 7.26. The predicted octanol–water partition coefficient (Wildman–Crippen LogP) is 27.2. The molecule has 0 atom stereocenters. The molecular weight excluding hydrogens is 1270 g/mol. The molecule has 0 aliphatic rings. The second-order valence-corrected chi connectivity index (χ2v) is 28.9. The zero-order valence-corrected chi connectivity index (χ0v) is 56.9. The minimum Gasteiger partial charge on any atom is -0.309 e. The first-order valence-electron chi connectivity index (χ1n) is 34.9. The van der Waals surface area contributed by atoms with Gasteiger partial charge in [0.2, 0.25) is 0 Å². The van der Waals surface area contributed by atoms with Crippen molar-refractivity contribution >= 4 is 150 Å². The van der Waals surface area contributed by atoms with Crippen LogP contribution in [-0.4, -0.2) is 18.3 Å². The predicted molar refractivity (Wildman–Crippen MR) is 438 cm³/mol. The summed E-state index contributed by atoms with van der Waals surface area (Å²) in [5, 5.41) is 15.4. The Labute approximate surface area is 595 Å². The van der Waals surface area contributed by atoms with Crippen molar-refractivity contribution in [2.24, 2.45) is 0 Å². The van der Waals surface area contributed by atoms with Crippen molar-refractivity contribution in [3.63, 3.8) is 0 Å². The molecule has 6 heteroatoms. The Kier molecular flexibility index (Phi) is 13.3. The van der Waals surface area contributed by atoms with E-state index in [1.807, 2.05) is 22.7 Å². The number of hydrogen-bond donors (Lipinski definition) is 0.